The molecule has 150 valence electrons. The van der Waals surface area contributed by atoms with E-state index in [4.69, 9.17) is 9.15 Å². The summed E-state index contributed by atoms with van der Waals surface area (Å²) in [6.45, 7) is 0.740. The highest BCUT2D eigenvalue weighted by molar-refractivity contribution is 5.79. The molecule has 1 fully saturated rings. The second kappa shape index (κ2) is 8.95. The molecule has 1 aliphatic rings. The van der Waals surface area contributed by atoms with Gasteiger partial charge in [-0.25, -0.2) is 4.98 Å². The number of nitrogens with zero attached hydrogens (tertiary/aromatic N) is 2. The van der Waals surface area contributed by atoms with E-state index in [-0.39, 0.29) is 11.9 Å². The number of ether oxygens (including phenoxy) is 1. The fraction of sp³-hybridized carbons (Fsp3) is 0.333. The van der Waals surface area contributed by atoms with Crippen LogP contribution in [0.25, 0.3) is 0 Å². The Morgan fingerprint density at radius 1 is 1.14 bits per heavy atom. The smallest absolute Gasteiger partial charge is 0.227 e. The monoisotopic (exact) mass is 390 g/mol. The average Bonchev–Trinajstić information content (AvgIpc) is 3.23. The van der Waals surface area contributed by atoms with Crippen LogP contribution in [0.5, 0.6) is 5.75 Å². The maximum Gasteiger partial charge on any atom is 0.227 e. The van der Waals surface area contributed by atoms with Gasteiger partial charge in [0.05, 0.1) is 19.7 Å². The van der Waals surface area contributed by atoms with Crippen molar-refractivity contribution in [1.82, 2.24) is 9.88 Å². The fourth-order valence-corrected chi connectivity index (χ4v) is 3.90. The van der Waals surface area contributed by atoms with Crippen molar-refractivity contribution in [2.75, 3.05) is 13.7 Å². The summed E-state index contributed by atoms with van der Waals surface area (Å²) in [6.07, 6.45) is 5.82. The third-order valence-corrected chi connectivity index (χ3v) is 5.39. The van der Waals surface area contributed by atoms with Gasteiger partial charge in [-0.1, -0.05) is 42.5 Å². The van der Waals surface area contributed by atoms with E-state index in [9.17, 15) is 4.79 Å². The second-order valence-corrected chi connectivity index (χ2v) is 7.45. The zero-order chi connectivity index (χ0) is 20.1. The zero-order valence-electron chi connectivity index (χ0n) is 16.7. The van der Waals surface area contributed by atoms with Crippen LogP contribution in [0.4, 0.5) is 0 Å². The number of carbonyl (C=O) groups excluding carboxylic acids is 1. The minimum Gasteiger partial charge on any atom is -0.497 e. The van der Waals surface area contributed by atoms with Gasteiger partial charge in [-0.2, -0.15) is 0 Å². The molecule has 0 N–H and O–H groups in total. The summed E-state index contributed by atoms with van der Waals surface area (Å²) in [6, 6.07) is 17.8. The van der Waals surface area contributed by atoms with E-state index in [2.05, 4.69) is 17.1 Å². The number of hydrogen-bond acceptors (Lipinski definition) is 4. The number of piperidine rings is 1. The van der Waals surface area contributed by atoms with Crippen molar-refractivity contribution in [3.05, 3.63) is 83.6 Å². The van der Waals surface area contributed by atoms with Crippen LogP contribution < -0.4 is 4.74 Å². The second-order valence-electron chi connectivity index (χ2n) is 7.45. The van der Waals surface area contributed by atoms with E-state index in [0.717, 1.165) is 42.9 Å². The third kappa shape index (κ3) is 4.67. The van der Waals surface area contributed by atoms with Gasteiger partial charge in [-0.3, -0.25) is 4.79 Å². The Morgan fingerprint density at radius 3 is 2.79 bits per heavy atom. The van der Waals surface area contributed by atoms with Gasteiger partial charge in [0.1, 0.15) is 17.6 Å². The summed E-state index contributed by atoms with van der Waals surface area (Å²) in [5.74, 6) is 2.35. The van der Waals surface area contributed by atoms with Crippen LogP contribution in [-0.2, 0) is 17.6 Å². The van der Waals surface area contributed by atoms with E-state index in [0.29, 0.717) is 18.7 Å². The molecular formula is C24H26N2O3. The van der Waals surface area contributed by atoms with Crippen LogP contribution >= 0.6 is 0 Å². The highest BCUT2D eigenvalue weighted by Crippen LogP contribution is 2.31. The number of rotatable bonds is 6. The Bertz CT molecular complexity index is 952. The van der Waals surface area contributed by atoms with Crippen LogP contribution in [0.2, 0.25) is 0 Å². The maximum absolute atomic E-state index is 13.1. The van der Waals surface area contributed by atoms with Gasteiger partial charge >= 0.3 is 0 Å². The summed E-state index contributed by atoms with van der Waals surface area (Å²) in [5.41, 5.74) is 2.14. The summed E-state index contributed by atoms with van der Waals surface area (Å²) >= 11 is 0. The lowest BCUT2D eigenvalue weighted by Gasteiger charge is -2.34. The Morgan fingerprint density at radius 2 is 1.97 bits per heavy atom. The lowest BCUT2D eigenvalue weighted by atomic mass is 10.0. The van der Waals surface area contributed by atoms with Crippen molar-refractivity contribution in [3.63, 3.8) is 0 Å². The predicted molar refractivity (Wildman–Crippen MR) is 111 cm³/mol. The van der Waals surface area contributed by atoms with E-state index >= 15 is 0 Å². The Hall–Kier alpha value is -3.08. The number of likely N-dealkylation sites (tertiary alicyclic amines) is 1. The summed E-state index contributed by atoms with van der Waals surface area (Å²) in [4.78, 5) is 19.5. The lowest BCUT2D eigenvalue weighted by molar-refractivity contribution is -0.134. The quantitative estimate of drug-likeness (QED) is 0.619. The molecule has 2 aromatic carbocycles. The van der Waals surface area contributed by atoms with Crippen LogP contribution in [0.15, 0.2) is 65.2 Å². The third-order valence-electron chi connectivity index (χ3n) is 5.39. The van der Waals surface area contributed by atoms with Crippen LogP contribution in [-0.4, -0.2) is 29.4 Å². The van der Waals surface area contributed by atoms with Crippen molar-refractivity contribution in [1.29, 1.82) is 0 Å². The molecule has 0 bridgehead atoms. The Balaban J connectivity index is 1.48. The van der Waals surface area contributed by atoms with Gasteiger partial charge in [0.25, 0.3) is 0 Å². The van der Waals surface area contributed by atoms with Crippen molar-refractivity contribution >= 4 is 5.91 Å². The molecule has 29 heavy (non-hydrogen) atoms. The molecule has 1 unspecified atom stereocenters. The molecular weight excluding hydrogens is 364 g/mol. The van der Waals surface area contributed by atoms with Gasteiger partial charge in [0.2, 0.25) is 11.8 Å². The number of carbonyl (C=O) groups is 1. The Labute approximate surface area is 171 Å². The topological polar surface area (TPSA) is 55.6 Å². The van der Waals surface area contributed by atoms with Crippen molar-refractivity contribution in [2.45, 2.75) is 38.1 Å². The molecule has 0 spiro atoms. The van der Waals surface area contributed by atoms with Crippen molar-refractivity contribution < 1.29 is 13.9 Å². The van der Waals surface area contributed by atoms with E-state index in [1.54, 1.807) is 13.3 Å². The minimum atomic E-state index is -0.0913. The highest BCUT2D eigenvalue weighted by atomic mass is 16.5. The van der Waals surface area contributed by atoms with E-state index < -0.39 is 0 Å². The first kappa shape index (κ1) is 19.2. The molecule has 4 rings (SSSR count). The molecule has 1 saturated heterocycles. The molecule has 1 amide bonds. The van der Waals surface area contributed by atoms with E-state index in [1.165, 1.54) is 5.56 Å². The van der Waals surface area contributed by atoms with Crippen LogP contribution in [0.3, 0.4) is 0 Å². The number of hydrogen-bond donors (Lipinski definition) is 0. The molecule has 1 aromatic heterocycles. The number of oxazole rings is 1. The van der Waals surface area contributed by atoms with Gasteiger partial charge in [0.15, 0.2) is 0 Å². The van der Waals surface area contributed by atoms with Gasteiger partial charge < -0.3 is 14.1 Å². The van der Waals surface area contributed by atoms with Gasteiger partial charge in [-0.15, -0.1) is 0 Å². The standard InChI is InChI=1S/C24H26N2O3/c1-28-20-11-7-10-19(15-20)16-23(27)26-13-6-5-12-22(26)24-25-17-21(29-24)14-18-8-3-2-4-9-18/h2-4,7-11,15,17,22H,5-6,12-14,16H2,1H3. The maximum atomic E-state index is 13.1. The first-order chi connectivity index (χ1) is 14.2. The normalized spacial score (nSPS) is 16.6. The van der Waals surface area contributed by atoms with E-state index in [1.807, 2.05) is 47.4 Å². The predicted octanol–water partition coefficient (Wildman–Crippen LogP) is 4.57. The molecule has 0 saturated carbocycles. The molecule has 5 heteroatoms. The molecule has 1 atom stereocenters. The van der Waals surface area contributed by atoms with Crippen LogP contribution in [0, 0.1) is 0 Å². The molecule has 2 heterocycles. The molecule has 3 aromatic rings. The van der Waals surface area contributed by atoms with Gasteiger partial charge in [0, 0.05) is 13.0 Å². The zero-order valence-corrected chi connectivity index (χ0v) is 16.7. The molecule has 0 radical (unpaired) electrons. The molecule has 1 aliphatic heterocycles. The first-order valence-corrected chi connectivity index (χ1v) is 10.1. The highest BCUT2D eigenvalue weighted by Gasteiger charge is 2.31. The average molecular weight is 390 g/mol. The number of amides is 1. The molecule has 5 nitrogen and oxygen atoms in total. The minimum absolute atomic E-state index is 0.0913. The number of methoxy groups -OCH3 is 1. The molecule has 0 aliphatic carbocycles. The van der Waals surface area contributed by atoms with Crippen molar-refractivity contribution in [2.24, 2.45) is 0 Å². The summed E-state index contributed by atoms with van der Waals surface area (Å²) in [7, 11) is 1.64. The van der Waals surface area contributed by atoms with Crippen LogP contribution in [0.1, 0.15) is 48.1 Å². The summed E-state index contributed by atoms with van der Waals surface area (Å²) < 4.78 is 11.3. The van der Waals surface area contributed by atoms with Crippen molar-refractivity contribution in [3.8, 4) is 5.75 Å². The fourth-order valence-electron chi connectivity index (χ4n) is 3.90. The van der Waals surface area contributed by atoms with Gasteiger partial charge in [-0.05, 0) is 42.5 Å². The lowest BCUT2D eigenvalue weighted by Crippen LogP contribution is -2.39. The largest absolute Gasteiger partial charge is 0.497 e. The Kier molecular flexibility index (Phi) is 5.94. The first-order valence-electron chi connectivity index (χ1n) is 10.1. The number of benzene rings is 2. The SMILES string of the molecule is COc1cccc(CC(=O)N2CCCCC2c2ncc(Cc3ccccc3)o2)c1. The summed E-state index contributed by atoms with van der Waals surface area (Å²) in [5, 5.41) is 0. The number of aromatic nitrogens is 1.